The zero-order valence-corrected chi connectivity index (χ0v) is 9.36. The van der Waals surface area contributed by atoms with E-state index in [2.05, 4.69) is 6.92 Å². The molecule has 0 aliphatic heterocycles. The number of hydrogen-bond acceptors (Lipinski definition) is 3. The van der Waals surface area contributed by atoms with E-state index in [0.29, 0.717) is 22.8 Å². The van der Waals surface area contributed by atoms with E-state index >= 15 is 0 Å². The lowest BCUT2D eigenvalue weighted by Crippen LogP contribution is -1.97. The molecule has 3 heteroatoms. The highest BCUT2D eigenvalue weighted by Crippen LogP contribution is 2.34. The first kappa shape index (κ1) is 11.1. The summed E-state index contributed by atoms with van der Waals surface area (Å²) in [4.78, 5) is 11.3. The molecule has 0 aliphatic carbocycles. The van der Waals surface area contributed by atoms with Crippen LogP contribution in [0, 0.1) is 0 Å². The van der Waals surface area contributed by atoms with Crippen LogP contribution in [0.2, 0.25) is 0 Å². The molecular weight excluding hydrogens is 204 g/mol. The molecule has 0 aromatic heterocycles. The van der Waals surface area contributed by atoms with E-state index < -0.39 is 6.10 Å². The van der Waals surface area contributed by atoms with Crippen molar-refractivity contribution in [3.63, 3.8) is 0 Å². The van der Waals surface area contributed by atoms with Gasteiger partial charge in [0, 0.05) is 5.39 Å². The molecule has 0 saturated carbocycles. The van der Waals surface area contributed by atoms with E-state index in [1.165, 1.54) is 6.07 Å². The van der Waals surface area contributed by atoms with Gasteiger partial charge in [-0.1, -0.05) is 32.3 Å². The van der Waals surface area contributed by atoms with Crippen molar-refractivity contribution in [1.29, 1.82) is 0 Å². The Bertz CT molecular complexity index is 506. The topological polar surface area (TPSA) is 57.5 Å². The summed E-state index contributed by atoms with van der Waals surface area (Å²) >= 11 is 0. The standard InChI is InChI=1S/C13H16O3/c1-2-3-4-5-9(14)8-6-7-10(15)12-11(8)13(12)16/h6-7,9,14-15H,2-5H2,1H3. The van der Waals surface area contributed by atoms with E-state index in [1.54, 1.807) is 6.07 Å². The van der Waals surface area contributed by atoms with Crippen LogP contribution in [-0.4, -0.2) is 10.2 Å². The molecule has 0 saturated heterocycles. The van der Waals surface area contributed by atoms with E-state index in [-0.39, 0.29) is 11.2 Å². The number of fused-ring (bicyclic) bond motifs is 1. The molecule has 2 aromatic carbocycles. The smallest absolute Gasteiger partial charge is 0.198 e. The van der Waals surface area contributed by atoms with Crippen LogP contribution in [0.4, 0.5) is 0 Å². The highest BCUT2D eigenvalue weighted by atomic mass is 16.3. The maximum Gasteiger partial charge on any atom is 0.198 e. The molecule has 0 aliphatic rings. The maximum absolute atomic E-state index is 11.3. The Morgan fingerprint density at radius 1 is 1.25 bits per heavy atom. The van der Waals surface area contributed by atoms with Crippen LogP contribution in [0.15, 0.2) is 16.9 Å². The summed E-state index contributed by atoms with van der Waals surface area (Å²) in [5.41, 5.74) is 0.556. The van der Waals surface area contributed by atoms with Crippen molar-refractivity contribution in [2.45, 2.75) is 38.7 Å². The lowest BCUT2D eigenvalue weighted by atomic mass is 10.0. The average molecular weight is 220 g/mol. The van der Waals surface area contributed by atoms with Crippen molar-refractivity contribution in [3.8, 4) is 5.75 Å². The Morgan fingerprint density at radius 3 is 2.69 bits per heavy atom. The van der Waals surface area contributed by atoms with Gasteiger partial charge < -0.3 is 10.2 Å². The van der Waals surface area contributed by atoms with Gasteiger partial charge in [-0.05, 0) is 18.1 Å². The Kier molecular flexibility index (Phi) is 2.97. The monoisotopic (exact) mass is 220 g/mol. The zero-order valence-electron chi connectivity index (χ0n) is 9.36. The van der Waals surface area contributed by atoms with Crippen LogP contribution in [0.5, 0.6) is 5.75 Å². The number of phenols is 1. The second-order valence-electron chi connectivity index (χ2n) is 4.26. The first-order chi connectivity index (χ1) is 7.66. The largest absolute Gasteiger partial charge is 0.507 e. The summed E-state index contributed by atoms with van der Waals surface area (Å²) in [5.74, 6) is 0.0320. The van der Waals surface area contributed by atoms with E-state index in [0.717, 1.165) is 19.3 Å². The Morgan fingerprint density at radius 2 is 2.00 bits per heavy atom. The molecule has 2 rings (SSSR count). The summed E-state index contributed by atoms with van der Waals surface area (Å²) in [6.45, 7) is 2.11. The van der Waals surface area contributed by atoms with Gasteiger partial charge in [-0.2, -0.15) is 0 Å². The zero-order chi connectivity index (χ0) is 11.7. The molecule has 0 fully saturated rings. The number of rotatable bonds is 5. The van der Waals surface area contributed by atoms with Gasteiger partial charge in [-0.25, -0.2) is 0 Å². The third kappa shape index (κ3) is 1.83. The quantitative estimate of drug-likeness (QED) is 0.761. The number of phenolic OH excluding ortho intramolecular Hbond substituents is 1. The van der Waals surface area contributed by atoms with Gasteiger partial charge >= 0.3 is 0 Å². The first-order valence-electron chi connectivity index (χ1n) is 5.75. The molecule has 0 spiro atoms. The van der Waals surface area contributed by atoms with Crippen LogP contribution in [-0.2, 0) is 0 Å². The Hall–Kier alpha value is -1.35. The number of unbranched alkanes of at least 4 members (excludes halogenated alkanes) is 2. The molecule has 86 valence electrons. The number of hydrogen-bond donors (Lipinski definition) is 2. The van der Waals surface area contributed by atoms with Gasteiger partial charge in [0.05, 0.1) is 11.5 Å². The minimum atomic E-state index is -0.577. The lowest BCUT2D eigenvalue weighted by Gasteiger charge is -2.09. The molecule has 1 unspecified atom stereocenters. The van der Waals surface area contributed by atoms with Crippen LogP contribution in [0.25, 0.3) is 10.8 Å². The van der Waals surface area contributed by atoms with Crippen molar-refractivity contribution in [2.75, 3.05) is 0 Å². The van der Waals surface area contributed by atoms with Gasteiger partial charge in [-0.15, -0.1) is 0 Å². The molecule has 1 atom stereocenters. The van der Waals surface area contributed by atoms with Gasteiger partial charge in [0.1, 0.15) is 5.75 Å². The second-order valence-corrected chi connectivity index (χ2v) is 4.26. The summed E-state index contributed by atoms with van der Waals surface area (Å²) in [5, 5.41) is 20.2. The Balaban J connectivity index is 2.14. The Labute approximate surface area is 94.0 Å². The van der Waals surface area contributed by atoms with Crippen LogP contribution >= 0.6 is 0 Å². The fourth-order valence-electron chi connectivity index (χ4n) is 2.05. The van der Waals surface area contributed by atoms with E-state index in [1.807, 2.05) is 0 Å². The molecule has 2 aromatic rings. The normalized spacial score (nSPS) is 13.6. The van der Waals surface area contributed by atoms with E-state index in [9.17, 15) is 15.0 Å². The van der Waals surface area contributed by atoms with Crippen LogP contribution in [0.3, 0.4) is 0 Å². The van der Waals surface area contributed by atoms with Crippen LogP contribution in [0.1, 0.15) is 44.3 Å². The van der Waals surface area contributed by atoms with Crippen molar-refractivity contribution >= 4 is 10.8 Å². The van der Waals surface area contributed by atoms with Gasteiger partial charge in [0.15, 0.2) is 5.43 Å². The summed E-state index contributed by atoms with van der Waals surface area (Å²) < 4.78 is 0. The molecule has 0 heterocycles. The van der Waals surface area contributed by atoms with Crippen molar-refractivity contribution in [3.05, 3.63) is 27.9 Å². The predicted octanol–water partition coefficient (Wildman–Crippen LogP) is 2.39. The molecule has 0 radical (unpaired) electrons. The average Bonchev–Trinajstić information content (AvgIpc) is 2.92. The first-order valence-corrected chi connectivity index (χ1v) is 5.75. The third-order valence-corrected chi connectivity index (χ3v) is 3.05. The maximum atomic E-state index is 11.3. The highest BCUT2D eigenvalue weighted by molar-refractivity contribution is 6.04. The van der Waals surface area contributed by atoms with Crippen molar-refractivity contribution < 1.29 is 10.2 Å². The fraction of sp³-hybridized carbons (Fsp3) is 0.462. The molecule has 16 heavy (non-hydrogen) atoms. The molecule has 2 N–H and O–H groups in total. The summed E-state index contributed by atoms with van der Waals surface area (Å²) in [6.07, 6.45) is 3.26. The predicted molar refractivity (Wildman–Crippen MR) is 63.4 cm³/mol. The molecule has 3 nitrogen and oxygen atoms in total. The summed E-state index contributed by atoms with van der Waals surface area (Å²) in [6, 6.07) is 3.14. The highest BCUT2D eigenvalue weighted by Gasteiger charge is 2.24. The SMILES string of the molecule is CCCCCC(O)c1ccc(O)c2c(=O)c12. The summed E-state index contributed by atoms with van der Waals surface area (Å²) in [7, 11) is 0. The van der Waals surface area contributed by atoms with Crippen molar-refractivity contribution in [1.82, 2.24) is 0 Å². The van der Waals surface area contributed by atoms with E-state index in [4.69, 9.17) is 0 Å². The lowest BCUT2D eigenvalue weighted by molar-refractivity contribution is 0.165. The minimum Gasteiger partial charge on any atom is -0.507 e. The van der Waals surface area contributed by atoms with Crippen LogP contribution < -0.4 is 5.43 Å². The molecule has 0 amide bonds. The fourth-order valence-corrected chi connectivity index (χ4v) is 2.05. The molecule has 0 bridgehead atoms. The number of aliphatic hydroxyl groups is 1. The van der Waals surface area contributed by atoms with Gasteiger partial charge in [-0.3, -0.25) is 4.79 Å². The van der Waals surface area contributed by atoms with Gasteiger partial charge in [0.2, 0.25) is 0 Å². The number of aromatic hydroxyl groups is 1. The second kappa shape index (κ2) is 4.26. The minimum absolute atomic E-state index is 0.0320. The van der Waals surface area contributed by atoms with Gasteiger partial charge in [0.25, 0.3) is 0 Å². The number of benzene rings is 1. The third-order valence-electron chi connectivity index (χ3n) is 3.05. The number of aliphatic hydroxyl groups excluding tert-OH is 1. The molecular formula is C13H16O3. The van der Waals surface area contributed by atoms with Crippen molar-refractivity contribution in [2.24, 2.45) is 0 Å².